The van der Waals surface area contributed by atoms with Gasteiger partial charge in [-0.25, -0.2) is 4.79 Å². The van der Waals surface area contributed by atoms with Crippen molar-refractivity contribution in [3.05, 3.63) is 42.0 Å². The summed E-state index contributed by atoms with van der Waals surface area (Å²) in [7, 11) is 0. The lowest BCUT2D eigenvalue weighted by Gasteiger charge is -2.19. The van der Waals surface area contributed by atoms with E-state index in [0.717, 1.165) is 10.8 Å². The summed E-state index contributed by atoms with van der Waals surface area (Å²) in [6, 6.07) is 10.5. The third-order valence-electron chi connectivity index (χ3n) is 2.47. The first-order chi connectivity index (χ1) is 8.37. The van der Waals surface area contributed by atoms with Gasteiger partial charge >= 0.3 is 5.97 Å². The fourth-order valence-corrected chi connectivity index (χ4v) is 1.75. The standard InChI is InChI=1S/C15H16O3/c1-15(2,3)18-14(17)11-8-10-6-4-5-7-12(10)13(16)9-11/h4-9,16H,1-3H3. The third-order valence-corrected chi connectivity index (χ3v) is 2.47. The summed E-state index contributed by atoms with van der Waals surface area (Å²) in [4.78, 5) is 11.9. The van der Waals surface area contributed by atoms with Gasteiger partial charge in [-0.15, -0.1) is 0 Å². The van der Waals surface area contributed by atoms with E-state index < -0.39 is 11.6 Å². The Morgan fingerprint density at radius 2 is 1.83 bits per heavy atom. The van der Waals surface area contributed by atoms with Crippen LogP contribution in [0.5, 0.6) is 5.75 Å². The molecule has 0 heterocycles. The Morgan fingerprint density at radius 3 is 2.50 bits per heavy atom. The number of benzene rings is 2. The van der Waals surface area contributed by atoms with Crippen molar-refractivity contribution in [2.24, 2.45) is 0 Å². The van der Waals surface area contributed by atoms with Crippen LogP contribution in [0.25, 0.3) is 10.8 Å². The molecule has 0 aromatic heterocycles. The molecule has 0 unspecified atom stereocenters. The summed E-state index contributed by atoms with van der Waals surface area (Å²) >= 11 is 0. The van der Waals surface area contributed by atoms with Crippen LogP contribution in [0.1, 0.15) is 31.1 Å². The van der Waals surface area contributed by atoms with E-state index in [1.54, 1.807) is 6.07 Å². The van der Waals surface area contributed by atoms with E-state index in [9.17, 15) is 9.90 Å². The largest absolute Gasteiger partial charge is 0.507 e. The molecule has 1 N–H and O–H groups in total. The summed E-state index contributed by atoms with van der Waals surface area (Å²) < 4.78 is 5.28. The fraction of sp³-hybridized carbons (Fsp3) is 0.267. The normalized spacial score (nSPS) is 11.5. The maximum Gasteiger partial charge on any atom is 0.338 e. The number of esters is 1. The predicted octanol–water partition coefficient (Wildman–Crippen LogP) is 3.50. The second-order valence-corrected chi connectivity index (χ2v) is 5.22. The molecule has 0 aliphatic rings. The van der Waals surface area contributed by atoms with Crippen LogP contribution < -0.4 is 0 Å². The number of fused-ring (bicyclic) bond motifs is 1. The number of carbonyl (C=O) groups is 1. The Hall–Kier alpha value is -2.03. The van der Waals surface area contributed by atoms with Gasteiger partial charge in [-0.3, -0.25) is 0 Å². The highest BCUT2D eigenvalue weighted by atomic mass is 16.6. The van der Waals surface area contributed by atoms with Gasteiger partial charge in [0.2, 0.25) is 0 Å². The maximum atomic E-state index is 11.9. The lowest BCUT2D eigenvalue weighted by molar-refractivity contribution is 0.00693. The molecule has 0 fully saturated rings. The quantitative estimate of drug-likeness (QED) is 0.781. The molecule has 0 saturated heterocycles. The van der Waals surface area contributed by atoms with Crippen LogP contribution in [-0.2, 0) is 4.74 Å². The number of phenols is 1. The van der Waals surface area contributed by atoms with Crippen molar-refractivity contribution in [2.75, 3.05) is 0 Å². The first kappa shape index (κ1) is 12.4. The van der Waals surface area contributed by atoms with E-state index in [1.807, 2.05) is 45.0 Å². The molecule has 2 rings (SSSR count). The van der Waals surface area contributed by atoms with Gasteiger partial charge in [0.05, 0.1) is 5.56 Å². The van der Waals surface area contributed by atoms with Crippen LogP contribution in [0.3, 0.4) is 0 Å². The zero-order chi connectivity index (χ0) is 13.3. The Kier molecular flexibility index (Phi) is 2.99. The topological polar surface area (TPSA) is 46.5 Å². The molecular formula is C15H16O3. The first-order valence-corrected chi connectivity index (χ1v) is 5.82. The Balaban J connectivity index is 2.44. The van der Waals surface area contributed by atoms with Gasteiger partial charge in [0, 0.05) is 5.39 Å². The Morgan fingerprint density at radius 1 is 1.17 bits per heavy atom. The average Bonchev–Trinajstić information content (AvgIpc) is 2.26. The van der Waals surface area contributed by atoms with Crippen molar-refractivity contribution in [3.63, 3.8) is 0 Å². The molecule has 0 saturated carbocycles. The van der Waals surface area contributed by atoms with Crippen LogP contribution in [0.4, 0.5) is 0 Å². The van der Waals surface area contributed by atoms with E-state index in [-0.39, 0.29) is 5.75 Å². The molecule has 0 spiro atoms. The second-order valence-electron chi connectivity index (χ2n) is 5.22. The minimum Gasteiger partial charge on any atom is -0.507 e. The van der Waals surface area contributed by atoms with Crippen LogP contribution >= 0.6 is 0 Å². The molecule has 18 heavy (non-hydrogen) atoms. The number of phenolic OH excluding ortho intramolecular Hbond substituents is 1. The molecule has 3 nitrogen and oxygen atoms in total. The molecule has 0 atom stereocenters. The van der Waals surface area contributed by atoms with Gasteiger partial charge in [0.1, 0.15) is 11.4 Å². The molecule has 2 aromatic carbocycles. The molecule has 0 amide bonds. The SMILES string of the molecule is CC(C)(C)OC(=O)c1cc(O)c2ccccc2c1. The lowest BCUT2D eigenvalue weighted by Crippen LogP contribution is -2.23. The molecule has 3 heteroatoms. The number of hydrogen-bond acceptors (Lipinski definition) is 3. The van der Waals surface area contributed by atoms with Crippen LogP contribution in [-0.4, -0.2) is 16.7 Å². The number of aromatic hydroxyl groups is 1. The highest BCUT2D eigenvalue weighted by Crippen LogP contribution is 2.27. The zero-order valence-electron chi connectivity index (χ0n) is 10.7. The summed E-state index contributed by atoms with van der Waals surface area (Å²) in [5, 5.41) is 11.4. The molecule has 0 radical (unpaired) electrons. The molecule has 94 valence electrons. The van der Waals surface area contributed by atoms with Crippen molar-refractivity contribution in [2.45, 2.75) is 26.4 Å². The van der Waals surface area contributed by atoms with Crippen molar-refractivity contribution in [1.82, 2.24) is 0 Å². The molecule has 0 aliphatic carbocycles. The summed E-state index contributed by atoms with van der Waals surface area (Å²) in [5.41, 5.74) is -0.181. The molecule has 2 aromatic rings. The van der Waals surface area contributed by atoms with Gasteiger partial charge in [-0.2, -0.15) is 0 Å². The second kappa shape index (κ2) is 4.33. The summed E-state index contributed by atoms with van der Waals surface area (Å²) in [6.45, 7) is 5.43. The number of hydrogen-bond donors (Lipinski definition) is 1. The van der Waals surface area contributed by atoms with Crippen LogP contribution in [0.2, 0.25) is 0 Å². The van der Waals surface area contributed by atoms with Gasteiger partial charge in [0.15, 0.2) is 0 Å². The smallest absolute Gasteiger partial charge is 0.338 e. The predicted molar refractivity (Wildman–Crippen MR) is 70.8 cm³/mol. The minimum atomic E-state index is -0.543. The third kappa shape index (κ3) is 2.62. The molecule has 0 bridgehead atoms. The zero-order valence-corrected chi connectivity index (χ0v) is 10.7. The maximum absolute atomic E-state index is 11.9. The van der Waals surface area contributed by atoms with E-state index in [4.69, 9.17) is 4.74 Å². The van der Waals surface area contributed by atoms with Crippen LogP contribution in [0, 0.1) is 0 Å². The Labute approximate surface area is 106 Å². The van der Waals surface area contributed by atoms with Crippen molar-refractivity contribution in [3.8, 4) is 5.75 Å². The average molecular weight is 244 g/mol. The van der Waals surface area contributed by atoms with Gasteiger partial charge < -0.3 is 9.84 Å². The van der Waals surface area contributed by atoms with Gasteiger partial charge in [0.25, 0.3) is 0 Å². The Bertz CT molecular complexity index is 594. The fourth-order valence-electron chi connectivity index (χ4n) is 1.75. The minimum absolute atomic E-state index is 0.0916. The van der Waals surface area contributed by atoms with E-state index >= 15 is 0 Å². The number of rotatable bonds is 1. The van der Waals surface area contributed by atoms with E-state index in [2.05, 4.69) is 0 Å². The number of carbonyl (C=O) groups excluding carboxylic acids is 1. The molecule has 0 aliphatic heterocycles. The molecular weight excluding hydrogens is 228 g/mol. The first-order valence-electron chi connectivity index (χ1n) is 5.82. The van der Waals surface area contributed by atoms with Crippen molar-refractivity contribution < 1.29 is 14.6 Å². The van der Waals surface area contributed by atoms with Crippen molar-refractivity contribution in [1.29, 1.82) is 0 Å². The van der Waals surface area contributed by atoms with Crippen LogP contribution in [0.15, 0.2) is 36.4 Å². The van der Waals surface area contributed by atoms with E-state index in [0.29, 0.717) is 5.56 Å². The summed E-state index contributed by atoms with van der Waals surface area (Å²) in [5.74, 6) is -0.336. The van der Waals surface area contributed by atoms with Gasteiger partial charge in [-0.1, -0.05) is 24.3 Å². The number of ether oxygens (including phenoxy) is 1. The highest BCUT2D eigenvalue weighted by Gasteiger charge is 2.18. The van der Waals surface area contributed by atoms with E-state index in [1.165, 1.54) is 6.07 Å². The lowest BCUT2D eigenvalue weighted by atomic mass is 10.1. The monoisotopic (exact) mass is 244 g/mol. The summed E-state index contributed by atoms with van der Waals surface area (Å²) in [6.07, 6.45) is 0. The highest BCUT2D eigenvalue weighted by molar-refractivity contribution is 5.98. The van der Waals surface area contributed by atoms with Gasteiger partial charge in [-0.05, 0) is 38.3 Å². The van der Waals surface area contributed by atoms with Crippen molar-refractivity contribution >= 4 is 16.7 Å².